The number of hydrogen-bond acceptors (Lipinski definition) is 5. The lowest BCUT2D eigenvalue weighted by atomic mass is 9.95. The molecule has 0 aromatic heterocycles. The molecule has 2 aromatic carbocycles. The molecule has 156 valence electrons. The van der Waals surface area contributed by atoms with Crippen molar-refractivity contribution < 1.29 is 14.3 Å². The van der Waals surface area contributed by atoms with Gasteiger partial charge in [-0.05, 0) is 77.9 Å². The Bertz CT molecular complexity index is 988. The van der Waals surface area contributed by atoms with Gasteiger partial charge in [-0.1, -0.05) is 12.1 Å². The summed E-state index contributed by atoms with van der Waals surface area (Å²) in [6.45, 7) is 2.79. The molecule has 0 bridgehead atoms. The fraction of sp³-hybridized carbons (Fsp3) is 0.304. The summed E-state index contributed by atoms with van der Waals surface area (Å²) in [5.74, 6) is -0.751. The van der Waals surface area contributed by atoms with Gasteiger partial charge in [0.2, 0.25) is 0 Å². The number of fused-ring (bicyclic) bond motifs is 1. The third kappa shape index (κ3) is 4.58. The average molecular weight is 517 g/mol. The molecule has 1 fully saturated rings. The van der Waals surface area contributed by atoms with Crippen LogP contribution in [0.2, 0.25) is 0 Å². The number of nitrogens with zero attached hydrogens (tertiary/aromatic N) is 1. The maximum atomic E-state index is 12.4. The third-order valence-electron chi connectivity index (χ3n) is 5.57. The van der Waals surface area contributed by atoms with Crippen LogP contribution in [-0.2, 0) is 16.1 Å². The van der Waals surface area contributed by atoms with E-state index in [0.29, 0.717) is 22.7 Å². The molecule has 2 aliphatic heterocycles. The largest absolute Gasteiger partial charge is 0.383 e. The minimum absolute atomic E-state index is 0.360. The molecule has 0 aliphatic carbocycles. The number of carbonyl (C=O) groups is 2. The van der Waals surface area contributed by atoms with Gasteiger partial charge in [0.15, 0.2) is 0 Å². The van der Waals surface area contributed by atoms with E-state index < -0.39 is 5.91 Å². The SMILES string of the molecule is COC[C@@H]1CCCN1Cc1ccc(N/C=C2\C(=O)NC(=O)c3ccc(I)cc32)cc1. The average Bonchev–Trinajstić information content (AvgIpc) is 3.16. The molecule has 0 radical (unpaired) electrons. The van der Waals surface area contributed by atoms with Crippen LogP contribution in [-0.4, -0.2) is 43.0 Å². The van der Waals surface area contributed by atoms with E-state index in [1.165, 1.54) is 18.4 Å². The summed E-state index contributed by atoms with van der Waals surface area (Å²) >= 11 is 2.18. The van der Waals surface area contributed by atoms with Gasteiger partial charge in [-0.25, -0.2) is 0 Å². The summed E-state index contributed by atoms with van der Waals surface area (Å²) in [6.07, 6.45) is 4.07. The zero-order valence-corrected chi connectivity index (χ0v) is 18.9. The lowest BCUT2D eigenvalue weighted by molar-refractivity contribution is -0.114. The van der Waals surface area contributed by atoms with Crippen molar-refractivity contribution in [2.75, 3.05) is 25.6 Å². The molecule has 1 atom stereocenters. The minimum Gasteiger partial charge on any atom is -0.383 e. The number of hydrogen-bond donors (Lipinski definition) is 2. The normalized spacial score (nSPS) is 20.3. The molecule has 0 unspecified atom stereocenters. The number of halogens is 1. The van der Waals surface area contributed by atoms with Crippen molar-refractivity contribution in [2.45, 2.75) is 25.4 Å². The van der Waals surface area contributed by atoms with Gasteiger partial charge < -0.3 is 10.1 Å². The van der Waals surface area contributed by atoms with Crippen LogP contribution < -0.4 is 10.6 Å². The van der Waals surface area contributed by atoms with E-state index in [2.05, 4.69) is 50.3 Å². The summed E-state index contributed by atoms with van der Waals surface area (Å²) in [5.41, 5.74) is 3.74. The number of anilines is 1. The summed E-state index contributed by atoms with van der Waals surface area (Å²) in [5, 5.41) is 5.60. The van der Waals surface area contributed by atoms with Gasteiger partial charge in [-0.15, -0.1) is 0 Å². The highest BCUT2D eigenvalue weighted by Gasteiger charge is 2.27. The zero-order chi connectivity index (χ0) is 21.1. The van der Waals surface area contributed by atoms with Crippen LogP contribution in [0.25, 0.3) is 5.57 Å². The molecule has 30 heavy (non-hydrogen) atoms. The first-order valence-electron chi connectivity index (χ1n) is 9.99. The molecule has 1 saturated heterocycles. The van der Waals surface area contributed by atoms with Gasteiger partial charge in [0.05, 0.1) is 12.2 Å². The van der Waals surface area contributed by atoms with Gasteiger partial charge in [-0.3, -0.25) is 19.8 Å². The van der Waals surface area contributed by atoms with Crippen molar-refractivity contribution in [1.29, 1.82) is 0 Å². The molecule has 6 nitrogen and oxygen atoms in total. The van der Waals surface area contributed by atoms with Gasteiger partial charge in [-0.2, -0.15) is 0 Å². The third-order valence-corrected chi connectivity index (χ3v) is 6.24. The molecule has 2 N–H and O–H groups in total. The Morgan fingerprint density at radius 2 is 1.97 bits per heavy atom. The standard InChI is InChI=1S/C23H24IN3O3/c1-30-14-18-3-2-10-27(18)13-15-4-7-17(8-5-15)25-12-21-20-11-16(24)6-9-19(20)22(28)26-23(21)29/h4-9,11-12,18,25H,2-3,10,13-14H2,1H3,(H,26,28,29)/b21-12-/t18-/m0/s1. The van der Waals surface area contributed by atoms with E-state index in [4.69, 9.17) is 4.74 Å². The molecule has 2 aliphatic rings. The number of methoxy groups -OCH3 is 1. The van der Waals surface area contributed by atoms with Crippen LogP contribution in [0.15, 0.2) is 48.7 Å². The number of carbonyl (C=O) groups excluding carboxylic acids is 2. The second-order valence-corrected chi connectivity index (χ2v) is 8.84. The van der Waals surface area contributed by atoms with Crippen LogP contribution >= 0.6 is 22.6 Å². The first-order valence-corrected chi connectivity index (χ1v) is 11.1. The summed E-state index contributed by atoms with van der Waals surface area (Å²) in [7, 11) is 1.76. The molecule has 7 heteroatoms. The second-order valence-electron chi connectivity index (χ2n) is 7.59. The Labute approximate surface area is 189 Å². The van der Waals surface area contributed by atoms with E-state index in [1.807, 2.05) is 24.3 Å². The molecule has 0 saturated carbocycles. The lowest BCUT2D eigenvalue weighted by Gasteiger charge is -2.23. The van der Waals surface area contributed by atoms with Crippen molar-refractivity contribution in [2.24, 2.45) is 0 Å². The van der Waals surface area contributed by atoms with Crippen molar-refractivity contribution in [1.82, 2.24) is 10.2 Å². The van der Waals surface area contributed by atoms with Crippen LogP contribution in [0.5, 0.6) is 0 Å². The van der Waals surface area contributed by atoms with E-state index in [1.54, 1.807) is 19.4 Å². The Hall–Kier alpha value is -2.23. The number of amides is 2. The maximum absolute atomic E-state index is 12.4. The molecule has 2 aromatic rings. The fourth-order valence-corrected chi connectivity index (χ4v) is 4.51. The van der Waals surface area contributed by atoms with E-state index in [-0.39, 0.29) is 5.91 Å². The topological polar surface area (TPSA) is 70.7 Å². The molecule has 2 heterocycles. The number of imide groups is 1. The summed E-state index contributed by atoms with van der Waals surface area (Å²) in [6, 6.07) is 14.2. The van der Waals surface area contributed by atoms with Crippen molar-refractivity contribution in [3.63, 3.8) is 0 Å². The zero-order valence-electron chi connectivity index (χ0n) is 16.8. The Balaban J connectivity index is 1.47. The van der Waals surface area contributed by atoms with Crippen molar-refractivity contribution in [3.05, 3.63) is 68.9 Å². The Morgan fingerprint density at radius 1 is 1.17 bits per heavy atom. The van der Waals surface area contributed by atoms with Crippen LogP contribution in [0.4, 0.5) is 5.69 Å². The van der Waals surface area contributed by atoms with Crippen molar-refractivity contribution in [3.8, 4) is 0 Å². The molecular weight excluding hydrogens is 493 g/mol. The predicted molar refractivity (Wildman–Crippen MR) is 125 cm³/mol. The van der Waals surface area contributed by atoms with Gasteiger partial charge in [0.1, 0.15) is 0 Å². The maximum Gasteiger partial charge on any atom is 0.260 e. The Morgan fingerprint density at radius 3 is 2.73 bits per heavy atom. The predicted octanol–water partition coefficient (Wildman–Crippen LogP) is 3.63. The highest BCUT2D eigenvalue weighted by atomic mass is 127. The highest BCUT2D eigenvalue weighted by Crippen LogP contribution is 2.26. The van der Waals surface area contributed by atoms with Gasteiger partial charge >= 0.3 is 0 Å². The second kappa shape index (κ2) is 9.28. The first-order chi connectivity index (χ1) is 14.5. The Kier molecular flexibility index (Phi) is 6.50. The number of benzene rings is 2. The van der Waals surface area contributed by atoms with Crippen molar-refractivity contribution >= 4 is 45.7 Å². The number of nitrogens with one attached hydrogen (secondary N) is 2. The van der Waals surface area contributed by atoms with Gasteiger partial charge in [0.25, 0.3) is 11.8 Å². The monoisotopic (exact) mass is 517 g/mol. The minimum atomic E-state index is -0.392. The quantitative estimate of drug-likeness (QED) is 0.348. The summed E-state index contributed by atoms with van der Waals surface area (Å²) < 4.78 is 6.31. The highest BCUT2D eigenvalue weighted by molar-refractivity contribution is 14.1. The first kappa shape index (κ1) is 21.0. The smallest absolute Gasteiger partial charge is 0.260 e. The lowest BCUT2D eigenvalue weighted by Crippen LogP contribution is -2.36. The van der Waals surface area contributed by atoms with E-state index >= 15 is 0 Å². The summed E-state index contributed by atoms with van der Waals surface area (Å²) in [4.78, 5) is 26.9. The molecule has 0 spiro atoms. The fourth-order valence-electron chi connectivity index (χ4n) is 4.02. The molecular formula is C23H24IN3O3. The van der Waals surface area contributed by atoms with E-state index in [0.717, 1.165) is 29.0 Å². The molecule has 4 rings (SSSR count). The number of rotatable bonds is 6. The number of likely N-dealkylation sites (tertiary alicyclic amines) is 1. The molecule has 2 amide bonds. The van der Waals surface area contributed by atoms with Crippen LogP contribution in [0.1, 0.15) is 34.3 Å². The van der Waals surface area contributed by atoms with Gasteiger partial charge in [0, 0.05) is 46.3 Å². The van der Waals surface area contributed by atoms with Crippen LogP contribution in [0.3, 0.4) is 0 Å². The van der Waals surface area contributed by atoms with Crippen LogP contribution in [0, 0.1) is 3.57 Å². The van der Waals surface area contributed by atoms with E-state index in [9.17, 15) is 9.59 Å². The number of ether oxygens (including phenoxy) is 1.